The van der Waals surface area contributed by atoms with Crippen LogP contribution in [-0.4, -0.2) is 38.4 Å². The standard InChI is InChI=1S/C16H24N4O/c1-15(2,3)13-10-12-14(17-7-9-20(12)18-13)19-8-5-6-16(4,21)11-19/h7,9-10,21H,5-6,8,11H2,1-4H3. The van der Waals surface area contributed by atoms with Crippen LogP contribution >= 0.6 is 0 Å². The molecule has 1 unspecified atom stereocenters. The molecule has 0 radical (unpaired) electrons. The monoisotopic (exact) mass is 288 g/mol. The van der Waals surface area contributed by atoms with E-state index in [-0.39, 0.29) is 5.41 Å². The number of rotatable bonds is 1. The molecule has 3 rings (SSSR count). The maximum atomic E-state index is 10.3. The van der Waals surface area contributed by atoms with Gasteiger partial charge in [0.15, 0.2) is 5.82 Å². The van der Waals surface area contributed by atoms with Gasteiger partial charge in [-0.2, -0.15) is 5.10 Å². The molecule has 3 heterocycles. The third-order valence-corrected chi connectivity index (χ3v) is 4.11. The molecular formula is C16H24N4O. The van der Waals surface area contributed by atoms with Gasteiger partial charge in [0.1, 0.15) is 5.52 Å². The molecule has 5 heteroatoms. The smallest absolute Gasteiger partial charge is 0.154 e. The Morgan fingerprint density at radius 2 is 2.10 bits per heavy atom. The van der Waals surface area contributed by atoms with Crippen molar-refractivity contribution in [3.05, 3.63) is 24.2 Å². The summed E-state index contributed by atoms with van der Waals surface area (Å²) in [5, 5.41) is 15.0. The molecule has 0 aliphatic carbocycles. The Morgan fingerprint density at radius 1 is 1.33 bits per heavy atom. The number of anilines is 1. The van der Waals surface area contributed by atoms with Crippen molar-refractivity contribution in [2.24, 2.45) is 0 Å². The fourth-order valence-electron chi connectivity index (χ4n) is 2.92. The molecule has 1 N–H and O–H groups in total. The average molecular weight is 288 g/mol. The Morgan fingerprint density at radius 3 is 2.76 bits per heavy atom. The zero-order chi connectivity index (χ0) is 15.3. The summed E-state index contributed by atoms with van der Waals surface area (Å²) in [6.07, 6.45) is 5.50. The Balaban J connectivity index is 2.04. The molecule has 114 valence electrons. The Labute approximate surface area is 125 Å². The first kappa shape index (κ1) is 14.3. The van der Waals surface area contributed by atoms with Gasteiger partial charge in [-0.15, -0.1) is 0 Å². The first-order valence-electron chi connectivity index (χ1n) is 7.58. The maximum absolute atomic E-state index is 10.3. The second kappa shape index (κ2) is 4.70. The molecule has 1 aliphatic rings. The third-order valence-electron chi connectivity index (χ3n) is 4.11. The van der Waals surface area contributed by atoms with Crippen LogP contribution in [0.25, 0.3) is 5.52 Å². The van der Waals surface area contributed by atoms with Gasteiger partial charge in [-0.1, -0.05) is 20.8 Å². The summed E-state index contributed by atoms with van der Waals surface area (Å²) in [5.41, 5.74) is 1.44. The molecule has 0 bridgehead atoms. The number of hydrogen-bond donors (Lipinski definition) is 1. The zero-order valence-corrected chi connectivity index (χ0v) is 13.3. The first-order valence-corrected chi connectivity index (χ1v) is 7.58. The summed E-state index contributed by atoms with van der Waals surface area (Å²) in [6, 6.07) is 2.12. The predicted molar refractivity (Wildman–Crippen MR) is 83.8 cm³/mol. The zero-order valence-electron chi connectivity index (χ0n) is 13.3. The molecule has 1 fully saturated rings. The SMILES string of the molecule is CC1(O)CCCN(c2nccn3nc(C(C)(C)C)cc23)C1. The van der Waals surface area contributed by atoms with Crippen LogP contribution in [0.2, 0.25) is 0 Å². The molecule has 0 spiro atoms. The fourth-order valence-corrected chi connectivity index (χ4v) is 2.92. The highest BCUT2D eigenvalue weighted by Gasteiger charge is 2.30. The van der Waals surface area contributed by atoms with Crippen LogP contribution in [0.15, 0.2) is 18.5 Å². The van der Waals surface area contributed by atoms with Gasteiger partial charge in [0.2, 0.25) is 0 Å². The molecule has 5 nitrogen and oxygen atoms in total. The summed E-state index contributed by atoms with van der Waals surface area (Å²) in [4.78, 5) is 6.72. The van der Waals surface area contributed by atoms with Crippen molar-refractivity contribution in [2.45, 2.75) is 51.6 Å². The molecule has 1 saturated heterocycles. The van der Waals surface area contributed by atoms with Crippen LogP contribution in [0.3, 0.4) is 0 Å². The van der Waals surface area contributed by atoms with Gasteiger partial charge in [-0.3, -0.25) is 0 Å². The normalized spacial score (nSPS) is 23.8. The van der Waals surface area contributed by atoms with Gasteiger partial charge < -0.3 is 10.0 Å². The third kappa shape index (κ3) is 2.75. The van der Waals surface area contributed by atoms with E-state index in [1.165, 1.54) is 0 Å². The number of aromatic nitrogens is 3. The van der Waals surface area contributed by atoms with E-state index in [4.69, 9.17) is 0 Å². The van der Waals surface area contributed by atoms with E-state index in [1.54, 1.807) is 6.20 Å². The average Bonchev–Trinajstić information content (AvgIpc) is 2.81. The quantitative estimate of drug-likeness (QED) is 0.875. The Kier molecular flexibility index (Phi) is 3.20. The Hall–Kier alpha value is -1.62. The van der Waals surface area contributed by atoms with Gasteiger partial charge in [0.25, 0.3) is 0 Å². The Bertz CT molecular complexity index is 654. The predicted octanol–water partition coefficient (Wildman–Crippen LogP) is 2.38. The number of hydrogen-bond acceptors (Lipinski definition) is 4. The van der Waals surface area contributed by atoms with E-state index in [0.29, 0.717) is 6.54 Å². The molecule has 0 amide bonds. The van der Waals surface area contributed by atoms with Gasteiger partial charge in [-0.05, 0) is 25.8 Å². The topological polar surface area (TPSA) is 53.7 Å². The summed E-state index contributed by atoms with van der Waals surface area (Å²) in [6.45, 7) is 9.93. The van der Waals surface area contributed by atoms with E-state index < -0.39 is 5.60 Å². The fraction of sp³-hybridized carbons (Fsp3) is 0.625. The molecule has 0 saturated carbocycles. The van der Waals surface area contributed by atoms with E-state index in [0.717, 1.165) is 36.4 Å². The van der Waals surface area contributed by atoms with Crippen molar-refractivity contribution in [3.63, 3.8) is 0 Å². The van der Waals surface area contributed by atoms with Crippen molar-refractivity contribution < 1.29 is 5.11 Å². The number of piperidine rings is 1. The number of nitrogens with zero attached hydrogens (tertiary/aromatic N) is 4. The van der Waals surface area contributed by atoms with Crippen molar-refractivity contribution in [1.29, 1.82) is 0 Å². The summed E-state index contributed by atoms with van der Waals surface area (Å²) in [5.74, 6) is 0.917. The van der Waals surface area contributed by atoms with E-state index >= 15 is 0 Å². The van der Waals surface area contributed by atoms with Gasteiger partial charge >= 0.3 is 0 Å². The second-order valence-electron chi connectivity index (χ2n) is 7.38. The summed E-state index contributed by atoms with van der Waals surface area (Å²) < 4.78 is 1.90. The minimum absolute atomic E-state index is 0.0106. The molecular weight excluding hydrogens is 264 g/mol. The van der Waals surface area contributed by atoms with Crippen LogP contribution in [0.5, 0.6) is 0 Å². The minimum Gasteiger partial charge on any atom is -0.388 e. The summed E-state index contributed by atoms with van der Waals surface area (Å²) in [7, 11) is 0. The van der Waals surface area contributed by atoms with Crippen LogP contribution in [0.1, 0.15) is 46.2 Å². The van der Waals surface area contributed by atoms with Gasteiger partial charge in [-0.25, -0.2) is 9.50 Å². The lowest BCUT2D eigenvalue weighted by Gasteiger charge is -2.37. The highest BCUT2D eigenvalue weighted by molar-refractivity contribution is 5.69. The molecule has 1 atom stereocenters. The molecule has 1 aliphatic heterocycles. The lowest BCUT2D eigenvalue weighted by Crippen LogP contribution is -2.46. The first-order chi connectivity index (χ1) is 9.76. The van der Waals surface area contributed by atoms with Crippen molar-refractivity contribution in [2.75, 3.05) is 18.0 Å². The number of β-amino-alcohol motifs (C(OH)–C–C–N with tert-alkyl or cyclic N) is 1. The van der Waals surface area contributed by atoms with Crippen LogP contribution in [0, 0.1) is 0 Å². The second-order valence-corrected chi connectivity index (χ2v) is 7.38. The van der Waals surface area contributed by atoms with E-state index in [1.807, 2.05) is 17.6 Å². The molecule has 2 aromatic heterocycles. The highest BCUT2D eigenvalue weighted by atomic mass is 16.3. The number of aliphatic hydroxyl groups is 1. The van der Waals surface area contributed by atoms with E-state index in [2.05, 4.69) is 41.8 Å². The van der Waals surface area contributed by atoms with Crippen LogP contribution in [0.4, 0.5) is 5.82 Å². The molecule has 0 aromatic carbocycles. The molecule has 2 aromatic rings. The van der Waals surface area contributed by atoms with Crippen molar-refractivity contribution in [1.82, 2.24) is 14.6 Å². The highest BCUT2D eigenvalue weighted by Crippen LogP contribution is 2.29. The lowest BCUT2D eigenvalue weighted by atomic mass is 9.92. The minimum atomic E-state index is -0.639. The van der Waals surface area contributed by atoms with Gasteiger partial charge in [0.05, 0.1) is 11.3 Å². The number of fused-ring (bicyclic) bond motifs is 1. The molecule has 21 heavy (non-hydrogen) atoms. The van der Waals surface area contributed by atoms with Crippen LogP contribution in [-0.2, 0) is 5.41 Å². The lowest BCUT2D eigenvalue weighted by molar-refractivity contribution is 0.0448. The van der Waals surface area contributed by atoms with Gasteiger partial charge in [0, 0.05) is 30.9 Å². The largest absolute Gasteiger partial charge is 0.388 e. The summed E-state index contributed by atoms with van der Waals surface area (Å²) >= 11 is 0. The van der Waals surface area contributed by atoms with Crippen molar-refractivity contribution in [3.8, 4) is 0 Å². The van der Waals surface area contributed by atoms with Crippen molar-refractivity contribution >= 4 is 11.3 Å². The van der Waals surface area contributed by atoms with Crippen LogP contribution < -0.4 is 4.90 Å². The maximum Gasteiger partial charge on any atom is 0.154 e. The van der Waals surface area contributed by atoms with E-state index in [9.17, 15) is 5.11 Å².